The molecule has 0 aliphatic carbocycles. The molecular formula is C11H15F2NO. The van der Waals surface area contributed by atoms with Crippen LogP contribution in [-0.4, -0.2) is 18.7 Å². The summed E-state index contributed by atoms with van der Waals surface area (Å²) >= 11 is 0. The van der Waals surface area contributed by atoms with Crippen LogP contribution in [0, 0.1) is 25.5 Å². The highest BCUT2D eigenvalue weighted by Gasteiger charge is 2.18. The van der Waals surface area contributed by atoms with Gasteiger partial charge in [-0.15, -0.1) is 0 Å². The summed E-state index contributed by atoms with van der Waals surface area (Å²) in [5, 5.41) is 12.5. The minimum Gasteiger partial charge on any atom is -0.387 e. The molecular weight excluding hydrogens is 200 g/mol. The normalized spacial score (nSPS) is 12.9. The fraction of sp³-hybridized carbons (Fsp3) is 0.455. The first-order valence-electron chi connectivity index (χ1n) is 4.76. The Labute approximate surface area is 87.9 Å². The van der Waals surface area contributed by atoms with Gasteiger partial charge in [-0.1, -0.05) is 0 Å². The minimum atomic E-state index is -0.889. The van der Waals surface area contributed by atoms with Crippen LogP contribution in [0.5, 0.6) is 0 Å². The Balaban J connectivity index is 3.26. The number of likely N-dealkylation sites (N-methyl/N-ethyl adjacent to an activating group) is 1. The molecule has 0 aliphatic rings. The molecule has 1 aromatic rings. The summed E-state index contributed by atoms with van der Waals surface area (Å²) in [5.74, 6) is -1.24. The lowest BCUT2D eigenvalue weighted by atomic mass is 9.97. The van der Waals surface area contributed by atoms with E-state index in [1.165, 1.54) is 13.8 Å². The molecule has 0 saturated heterocycles. The van der Waals surface area contributed by atoms with E-state index in [9.17, 15) is 13.9 Å². The van der Waals surface area contributed by atoms with E-state index in [2.05, 4.69) is 5.32 Å². The molecule has 15 heavy (non-hydrogen) atoms. The highest BCUT2D eigenvalue weighted by atomic mass is 19.1. The van der Waals surface area contributed by atoms with E-state index in [0.717, 1.165) is 6.07 Å². The van der Waals surface area contributed by atoms with Crippen molar-refractivity contribution in [1.29, 1.82) is 0 Å². The van der Waals surface area contributed by atoms with Crippen molar-refractivity contribution >= 4 is 0 Å². The summed E-state index contributed by atoms with van der Waals surface area (Å²) in [7, 11) is 1.67. The van der Waals surface area contributed by atoms with Crippen molar-refractivity contribution < 1.29 is 13.9 Å². The van der Waals surface area contributed by atoms with Gasteiger partial charge < -0.3 is 10.4 Å². The van der Waals surface area contributed by atoms with E-state index in [4.69, 9.17) is 0 Å². The van der Waals surface area contributed by atoms with Crippen molar-refractivity contribution in [3.63, 3.8) is 0 Å². The molecule has 1 rings (SSSR count). The van der Waals surface area contributed by atoms with Crippen LogP contribution in [0.2, 0.25) is 0 Å². The summed E-state index contributed by atoms with van der Waals surface area (Å²) in [6, 6.07) is 0.847. The molecule has 84 valence electrons. The molecule has 0 fully saturated rings. The Hall–Kier alpha value is -1.00. The Morgan fingerprint density at radius 1 is 1.27 bits per heavy atom. The maximum absolute atomic E-state index is 13.2. The Kier molecular flexibility index (Phi) is 3.77. The first-order chi connectivity index (χ1) is 6.99. The number of aliphatic hydroxyl groups is 1. The van der Waals surface area contributed by atoms with Crippen molar-refractivity contribution in [1.82, 2.24) is 5.32 Å². The number of nitrogens with one attached hydrogen (secondary N) is 1. The predicted molar refractivity (Wildman–Crippen MR) is 54.7 cm³/mol. The number of hydrogen-bond donors (Lipinski definition) is 2. The molecule has 0 aliphatic heterocycles. The monoisotopic (exact) mass is 215 g/mol. The van der Waals surface area contributed by atoms with Crippen molar-refractivity contribution in [3.8, 4) is 0 Å². The van der Waals surface area contributed by atoms with Crippen LogP contribution >= 0.6 is 0 Å². The van der Waals surface area contributed by atoms with Gasteiger partial charge in [0.1, 0.15) is 11.6 Å². The molecule has 0 saturated carbocycles. The first-order valence-corrected chi connectivity index (χ1v) is 4.76. The predicted octanol–water partition coefficient (Wildman–Crippen LogP) is 1.83. The van der Waals surface area contributed by atoms with Crippen LogP contribution in [0.4, 0.5) is 8.78 Å². The summed E-state index contributed by atoms with van der Waals surface area (Å²) in [6.07, 6.45) is -0.889. The highest BCUT2D eigenvalue weighted by molar-refractivity contribution is 5.37. The van der Waals surface area contributed by atoms with Gasteiger partial charge in [0.2, 0.25) is 0 Å². The molecule has 1 atom stereocenters. The van der Waals surface area contributed by atoms with Crippen LogP contribution in [0.1, 0.15) is 22.8 Å². The van der Waals surface area contributed by atoms with Crippen LogP contribution in [-0.2, 0) is 0 Å². The summed E-state index contributed by atoms with van der Waals surface area (Å²) in [6.45, 7) is 3.34. The fourth-order valence-electron chi connectivity index (χ4n) is 1.66. The SMILES string of the molecule is CNCC(O)c1c(C)c(F)cc(F)c1C. The number of rotatable bonds is 3. The second-order valence-electron chi connectivity index (χ2n) is 3.58. The van der Waals surface area contributed by atoms with Gasteiger partial charge in [0.15, 0.2) is 0 Å². The maximum Gasteiger partial charge on any atom is 0.129 e. The lowest BCUT2D eigenvalue weighted by molar-refractivity contribution is 0.175. The van der Waals surface area contributed by atoms with Gasteiger partial charge >= 0.3 is 0 Å². The summed E-state index contributed by atoms with van der Waals surface area (Å²) < 4.78 is 26.5. The third-order valence-corrected chi connectivity index (χ3v) is 2.51. The van der Waals surface area contributed by atoms with Crippen LogP contribution in [0.3, 0.4) is 0 Å². The van der Waals surface area contributed by atoms with Crippen molar-refractivity contribution in [2.24, 2.45) is 0 Å². The third-order valence-electron chi connectivity index (χ3n) is 2.51. The Bertz CT molecular complexity index is 340. The Morgan fingerprint density at radius 2 is 1.73 bits per heavy atom. The van der Waals surface area contributed by atoms with E-state index in [0.29, 0.717) is 16.7 Å². The maximum atomic E-state index is 13.2. The van der Waals surface area contributed by atoms with Crippen molar-refractivity contribution in [2.75, 3.05) is 13.6 Å². The van der Waals surface area contributed by atoms with Gasteiger partial charge in [0.05, 0.1) is 6.10 Å². The molecule has 0 amide bonds. The van der Waals surface area contributed by atoms with Gasteiger partial charge in [-0.25, -0.2) is 8.78 Å². The topological polar surface area (TPSA) is 32.3 Å². The van der Waals surface area contributed by atoms with E-state index >= 15 is 0 Å². The standard InChI is InChI=1S/C11H15F2NO/c1-6-8(12)4-9(13)7(2)11(6)10(15)5-14-3/h4,10,14-15H,5H2,1-3H3. The second-order valence-corrected chi connectivity index (χ2v) is 3.58. The zero-order valence-corrected chi connectivity index (χ0v) is 9.06. The average molecular weight is 215 g/mol. The van der Waals surface area contributed by atoms with E-state index in [-0.39, 0.29) is 6.54 Å². The largest absolute Gasteiger partial charge is 0.387 e. The Morgan fingerprint density at radius 3 is 2.13 bits per heavy atom. The van der Waals surface area contributed by atoms with Gasteiger partial charge in [-0.05, 0) is 37.6 Å². The van der Waals surface area contributed by atoms with Gasteiger partial charge in [0.25, 0.3) is 0 Å². The lowest BCUT2D eigenvalue weighted by Gasteiger charge is -2.17. The molecule has 2 nitrogen and oxygen atoms in total. The zero-order valence-electron chi connectivity index (χ0n) is 9.06. The van der Waals surface area contributed by atoms with E-state index in [1.807, 2.05) is 0 Å². The number of halogens is 2. The van der Waals surface area contributed by atoms with Crippen molar-refractivity contribution in [3.05, 3.63) is 34.4 Å². The summed E-state index contributed by atoms with van der Waals surface area (Å²) in [5.41, 5.74) is 0.940. The molecule has 0 spiro atoms. The molecule has 0 heterocycles. The van der Waals surface area contributed by atoms with Crippen LogP contribution in [0.25, 0.3) is 0 Å². The molecule has 1 aromatic carbocycles. The number of aliphatic hydroxyl groups excluding tert-OH is 1. The average Bonchev–Trinajstić information content (AvgIpc) is 2.16. The highest BCUT2D eigenvalue weighted by Crippen LogP contribution is 2.25. The molecule has 0 radical (unpaired) electrons. The minimum absolute atomic E-state index is 0.268. The number of benzene rings is 1. The lowest BCUT2D eigenvalue weighted by Crippen LogP contribution is -2.19. The number of hydrogen-bond acceptors (Lipinski definition) is 2. The van der Waals surface area contributed by atoms with Gasteiger partial charge in [-0.2, -0.15) is 0 Å². The molecule has 4 heteroatoms. The molecule has 2 N–H and O–H groups in total. The van der Waals surface area contributed by atoms with Crippen molar-refractivity contribution in [2.45, 2.75) is 20.0 Å². The van der Waals surface area contributed by atoms with Crippen LogP contribution < -0.4 is 5.32 Å². The second kappa shape index (κ2) is 4.68. The molecule has 0 bridgehead atoms. The first kappa shape index (κ1) is 12.1. The smallest absolute Gasteiger partial charge is 0.129 e. The van der Waals surface area contributed by atoms with Gasteiger partial charge in [0, 0.05) is 12.6 Å². The van der Waals surface area contributed by atoms with E-state index in [1.54, 1.807) is 7.05 Å². The molecule has 0 aromatic heterocycles. The van der Waals surface area contributed by atoms with Gasteiger partial charge in [-0.3, -0.25) is 0 Å². The van der Waals surface area contributed by atoms with E-state index < -0.39 is 17.7 Å². The quantitative estimate of drug-likeness (QED) is 0.806. The summed E-state index contributed by atoms with van der Waals surface area (Å²) in [4.78, 5) is 0. The molecule has 1 unspecified atom stereocenters. The fourth-order valence-corrected chi connectivity index (χ4v) is 1.66. The zero-order chi connectivity index (χ0) is 11.6. The third kappa shape index (κ3) is 2.33. The van der Waals surface area contributed by atoms with Crippen LogP contribution in [0.15, 0.2) is 6.07 Å².